The molecule has 0 heterocycles. The Kier molecular flexibility index (Phi) is 4.90. The van der Waals surface area contributed by atoms with E-state index < -0.39 is 0 Å². The Morgan fingerprint density at radius 3 is 1.29 bits per heavy atom. The average molecular weight is 297 g/mol. The maximum absolute atomic E-state index is 2.18. The molecule has 0 atom stereocenters. The molecular formula is C12H11ClPd. The Balaban J connectivity index is 0.000000980. The summed E-state index contributed by atoms with van der Waals surface area (Å²) in [7, 11) is 0. The van der Waals surface area contributed by atoms with Gasteiger partial charge in [-0.05, 0) is 0 Å². The second-order valence-corrected chi connectivity index (χ2v) is 4.78. The van der Waals surface area contributed by atoms with E-state index in [4.69, 9.17) is 0 Å². The van der Waals surface area contributed by atoms with Crippen LogP contribution in [0.5, 0.6) is 0 Å². The third kappa shape index (κ3) is 3.27. The molecule has 2 heteroatoms. The average Bonchev–Trinajstić information content (AvgIpc) is 2.21. The van der Waals surface area contributed by atoms with Crippen molar-refractivity contribution in [2.45, 2.75) is 0 Å². The van der Waals surface area contributed by atoms with Crippen LogP contribution in [0.2, 0.25) is 0 Å². The van der Waals surface area contributed by atoms with Gasteiger partial charge in [-0.3, -0.25) is 0 Å². The Morgan fingerprint density at radius 2 is 0.929 bits per heavy atom. The van der Waals surface area contributed by atoms with Gasteiger partial charge in [0.05, 0.1) is 0 Å². The number of hydrogen-bond acceptors (Lipinski definition) is 0. The zero-order valence-corrected chi connectivity index (χ0v) is 9.87. The van der Waals surface area contributed by atoms with Crippen molar-refractivity contribution in [2.75, 3.05) is 0 Å². The molecule has 0 saturated carbocycles. The van der Waals surface area contributed by atoms with Crippen LogP contribution < -0.4 is 8.07 Å². The van der Waals surface area contributed by atoms with E-state index in [1.807, 2.05) is 0 Å². The first-order valence-corrected chi connectivity index (χ1v) is 5.69. The van der Waals surface area contributed by atoms with Gasteiger partial charge in [0.2, 0.25) is 0 Å². The van der Waals surface area contributed by atoms with Crippen LogP contribution in [-0.2, 0) is 18.0 Å². The van der Waals surface area contributed by atoms with Crippen molar-refractivity contribution in [1.29, 1.82) is 0 Å². The summed E-state index contributed by atoms with van der Waals surface area (Å²) in [5.74, 6) is 0. The van der Waals surface area contributed by atoms with Gasteiger partial charge >= 0.3 is 86.7 Å². The molecule has 0 aliphatic carbocycles. The Morgan fingerprint density at radius 1 is 0.571 bits per heavy atom. The van der Waals surface area contributed by atoms with Gasteiger partial charge in [0.25, 0.3) is 0 Å². The Bertz CT molecular complexity index is 321. The van der Waals surface area contributed by atoms with Crippen LogP contribution in [0.25, 0.3) is 0 Å². The standard InChI is InChI=1S/2C6H5.ClH.Pd/c2*1-2-4-6-5-3-1;;/h2*1-5H;1H;. The van der Waals surface area contributed by atoms with Crippen molar-refractivity contribution in [3.8, 4) is 0 Å². The summed E-state index contributed by atoms with van der Waals surface area (Å²) in [5.41, 5.74) is 0. The van der Waals surface area contributed by atoms with Gasteiger partial charge in [-0.2, -0.15) is 0 Å². The van der Waals surface area contributed by atoms with Gasteiger partial charge < -0.3 is 0 Å². The van der Waals surface area contributed by atoms with Crippen LogP contribution in [0.4, 0.5) is 0 Å². The quantitative estimate of drug-likeness (QED) is 0.745. The van der Waals surface area contributed by atoms with Gasteiger partial charge in [0.15, 0.2) is 0 Å². The summed E-state index contributed by atoms with van der Waals surface area (Å²) in [4.78, 5) is 0. The fourth-order valence-corrected chi connectivity index (χ4v) is 2.65. The number of halogens is 1. The molecule has 0 fully saturated rings. The van der Waals surface area contributed by atoms with Crippen molar-refractivity contribution < 1.29 is 18.0 Å². The Labute approximate surface area is 98.9 Å². The summed E-state index contributed by atoms with van der Waals surface area (Å²) >= 11 is 0.575. The van der Waals surface area contributed by atoms with Crippen molar-refractivity contribution in [3.05, 3.63) is 60.7 Å². The van der Waals surface area contributed by atoms with Gasteiger partial charge in [-0.25, -0.2) is 0 Å². The third-order valence-corrected chi connectivity index (χ3v) is 3.54. The molecule has 2 aromatic carbocycles. The molecule has 76 valence electrons. The van der Waals surface area contributed by atoms with Crippen molar-refractivity contribution in [2.24, 2.45) is 0 Å². The van der Waals surface area contributed by atoms with Gasteiger partial charge in [-0.1, -0.05) is 0 Å². The minimum absolute atomic E-state index is 0. The molecule has 0 unspecified atom stereocenters. The zero-order valence-electron chi connectivity index (χ0n) is 7.50. The topological polar surface area (TPSA) is 0 Å². The fraction of sp³-hybridized carbons (Fsp3) is 0. The summed E-state index contributed by atoms with van der Waals surface area (Å²) < 4.78 is 2.84. The predicted molar refractivity (Wildman–Crippen MR) is 59.4 cm³/mol. The third-order valence-electron chi connectivity index (χ3n) is 1.61. The Hall–Kier alpha value is -0.608. The summed E-state index contributed by atoms with van der Waals surface area (Å²) in [5, 5.41) is 0. The molecule has 0 aliphatic rings. The van der Waals surface area contributed by atoms with Crippen LogP contribution >= 0.6 is 12.4 Å². The number of benzene rings is 2. The molecule has 0 saturated heterocycles. The molecular weight excluding hydrogens is 286 g/mol. The monoisotopic (exact) mass is 296 g/mol. The molecule has 0 amide bonds. The van der Waals surface area contributed by atoms with E-state index >= 15 is 0 Å². The normalized spacial score (nSPS) is 9.43. The molecule has 0 nitrogen and oxygen atoms in total. The van der Waals surface area contributed by atoms with Crippen LogP contribution in [0.3, 0.4) is 0 Å². The van der Waals surface area contributed by atoms with Crippen LogP contribution in [-0.4, -0.2) is 0 Å². The van der Waals surface area contributed by atoms with Crippen LogP contribution in [0.15, 0.2) is 60.7 Å². The molecule has 2 aromatic rings. The van der Waals surface area contributed by atoms with E-state index in [9.17, 15) is 0 Å². The predicted octanol–water partition coefficient (Wildman–Crippen LogP) is 2.14. The first-order valence-electron chi connectivity index (χ1n) is 4.14. The van der Waals surface area contributed by atoms with Gasteiger partial charge in [-0.15, -0.1) is 12.4 Å². The van der Waals surface area contributed by atoms with E-state index in [1.165, 1.54) is 8.07 Å². The van der Waals surface area contributed by atoms with E-state index in [0.29, 0.717) is 18.0 Å². The summed E-state index contributed by atoms with van der Waals surface area (Å²) in [6.45, 7) is 0. The molecule has 0 bridgehead atoms. The van der Waals surface area contributed by atoms with E-state index in [-0.39, 0.29) is 12.4 Å². The van der Waals surface area contributed by atoms with E-state index in [0.717, 1.165) is 0 Å². The summed E-state index contributed by atoms with van der Waals surface area (Å²) in [6.07, 6.45) is 0. The molecule has 0 spiro atoms. The molecule has 2 rings (SSSR count). The van der Waals surface area contributed by atoms with Crippen LogP contribution in [0, 0.1) is 0 Å². The molecule has 0 aliphatic heterocycles. The van der Waals surface area contributed by atoms with Crippen molar-refractivity contribution in [1.82, 2.24) is 0 Å². The number of rotatable bonds is 2. The van der Waals surface area contributed by atoms with Crippen LogP contribution in [0.1, 0.15) is 0 Å². The fourth-order valence-electron chi connectivity index (χ4n) is 1.02. The maximum atomic E-state index is 2.18. The van der Waals surface area contributed by atoms with Crippen molar-refractivity contribution in [3.63, 3.8) is 0 Å². The van der Waals surface area contributed by atoms with Gasteiger partial charge in [0, 0.05) is 0 Å². The first-order chi connectivity index (χ1) is 6.45. The molecule has 14 heavy (non-hydrogen) atoms. The van der Waals surface area contributed by atoms with E-state index in [1.54, 1.807) is 0 Å². The second-order valence-electron chi connectivity index (χ2n) is 2.60. The minimum atomic E-state index is 0. The van der Waals surface area contributed by atoms with E-state index in [2.05, 4.69) is 60.7 Å². The number of hydrogen-bond donors (Lipinski definition) is 0. The second kappa shape index (κ2) is 5.99. The van der Waals surface area contributed by atoms with Crippen molar-refractivity contribution >= 4 is 20.5 Å². The molecule has 0 N–H and O–H groups in total. The molecule has 0 aromatic heterocycles. The summed E-state index contributed by atoms with van der Waals surface area (Å²) in [6, 6.07) is 21.2. The first kappa shape index (κ1) is 11.5. The molecule has 0 radical (unpaired) electrons. The van der Waals surface area contributed by atoms with Gasteiger partial charge in [0.1, 0.15) is 0 Å². The zero-order chi connectivity index (χ0) is 8.93. The SMILES string of the molecule is Cl.c1cc[c]([Pd][c]2ccccc2)cc1.